The van der Waals surface area contributed by atoms with Crippen molar-refractivity contribution in [1.82, 2.24) is 15.1 Å². The zero-order valence-corrected chi connectivity index (χ0v) is 12.2. The minimum absolute atomic E-state index is 0.0456. The zero-order valence-electron chi connectivity index (χ0n) is 12.2. The van der Waals surface area contributed by atoms with Crippen molar-refractivity contribution in [2.75, 3.05) is 27.2 Å². The maximum absolute atomic E-state index is 12.3. The molecule has 2 fully saturated rings. The second kappa shape index (κ2) is 5.17. The molecule has 0 radical (unpaired) electrons. The fraction of sp³-hybridized carbons (Fsp3) is 0.929. The molecule has 4 nitrogen and oxygen atoms in total. The molecule has 0 aromatic heterocycles. The average Bonchev–Trinajstić information content (AvgIpc) is 2.53. The molecule has 0 spiro atoms. The summed E-state index contributed by atoms with van der Waals surface area (Å²) in [7, 11) is 4.28. The molecular weight excluding hydrogens is 226 g/mol. The first-order chi connectivity index (χ1) is 8.44. The van der Waals surface area contributed by atoms with Crippen molar-refractivity contribution in [2.24, 2.45) is 0 Å². The summed E-state index contributed by atoms with van der Waals surface area (Å²) in [5.41, 5.74) is 0.252. The predicted molar refractivity (Wildman–Crippen MR) is 73.5 cm³/mol. The topological polar surface area (TPSA) is 35.6 Å². The van der Waals surface area contributed by atoms with E-state index in [-0.39, 0.29) is 11.6 Å². The van der Waals surface area contributed by atoms with Gasteiger partial charge < -0.3 is 15.1 Å². The molecule has 1 unspecified atom stereocenters. The van der Waals surface area contributed by atoms with Gasteiger partial charge in [-0.2, -0.15) is 0 Å². The van der Waals surface area contributed by atoms with E-state index in [1.807, 2.05) is 0 Å². The number of hydrogen-bond donors (Lipinski definition) is 1. The minimum atomic E-state index is 0.0456. The van der Waals surface area contributed by atoms with Crippen molar-refractivity contribution >= 4 is 5.91 Å². The fourth-order valence-corrected chi connectivity index (χ4v) is 3.14. The van der Waals surface area contributed by atoms with Crippen molar-refractivity contribution in [2.45, 2.75) is 57.2 Å². The van der Waals surface area contributed by atoms with Crippen LogP contribution < -0.4 is 5.32 Å². The molecule has 0 bridgehead atoms. The number of nitrogens with one attached hydrogen (secondary N) is 1. The van der Waals surface area contributed by atoms with Gasteiger partial charge in [0.05, 0.1) is 6.04 Å². The lowest BCUT2D eigenvalue weighted by molar-refractivity contribution is -0.132. The van der Waals surface area contributed by atoms with E-state index in [1.165, 1.54) is 19.3 Å². The van der Waals surface area contributed by atoms with Crippen molar-refractivity contribution in [3.8, 4) is 0 Å². The van der Waals surface area contributed by atoms with Crippen LogP contribution in [0.5, 0.6) is 0 Å². The van der Waals surface area contributed by atoms with Crippen molar-refractivity contribution < 1.29 is 4.79 Å². The van der Waals surface area contributed by atoms with Crippen molar-refractivity contribution in [3.63, 3.8) is 0 Å². The van der Waals surface area contributed by atoms with E-state index in [9.17, 15) is 4.79 Å². The molecule has 1 atom stereocenters. The van der Waals surface area contributed by atoms with E-state index in [0.29, 0.717) is 11.9 Å². The van der Waals surface area contributed by atoms with Gasteiger partial charge in [0, 0.05) is 24.7 Å². The summed E-state index contributed by atoms with van der Waals surface area (Å²) < 4.78 is 0. The maximum atomic E-state index is 12.3. The molecule has 2 aliphatic rings. The summed E-state index contributed by atoms with van der Waals surface area (Å²) in [6, 6.07) is 0.426. The zero-order chi connectivity index (χ0) is 13.3. The van der Waals surface area contributed by atoms with Crippen LogP contribution in [0, 0.1) is 0 Å². The number of nitrogens with zero attached hydrogens (tertiary/aromatic N) is 2. The van der Waals surface area contributed by atoms with Crippen molar-refractivity contribution in [1.29, 1.82) is 0 Å². The molecule has 1 aliphatic carbocycles. The van der Waals surface area contributed by atoms with Crippen LogP contribution in [0.4, 0.5) is 0 Å². The first-order valence-corrected chi connectivity index (χ1v) is 7.17. The third-order valence-electron chi connectivity index (χ3n) is 4.55. The predicted octanol–water partition coefficient (Wildman–Crippen LogP) is 1.07. The lowest BCUT2D eigenvalue weighted by atomic mass is 9.75. The summed E-state index contributed by atoms with van der Waals surface area (Å²) >= 11 is 0. The van der Waals surface area contributed by atoms with Gasteiger partial charge in [-0.25, -0.2) is 0 Å². The smallest absolute Gasteiger partial charge is 0.239 e. The van der Waals surface area contributed by atoms with E-state index in [1.54, 1.807) is 0 Å². The van der Waals surface area contributed by atoms with Crippen LogP contribution in [0.25, 0.3) is 0 Å². The Labute approximate surface area is 111 Å². The fourth-order valence-electron chi connectivity index (χ4n) is 3.14. The molecule has 104 valence electrons. The van der Waals surface area contributed by atoms with Crippen LogP contribution in [0.15, 0.2) is 0 Å². The molecule has 1 saturated heterocycles. The molecule has 1 amide bonds. The molecule has 0 aromatic rings. The van der Waals surface area contributed by atoms with E-state index in [4.69, 9.17) is 0 Å². The largest absolute Gasteiger partial charge is 0.339 e. The summed E-state index contributed by atoms with van der Waals surface area (Å²) in [6.07, 6.45) is 4.71. The first-order valence-electron chi connectivity index (χ1n) is 7.17. The standard InChI is InChI=1S/C14H27N3O/c1-11(2)15-12-6-9-17(13(12)18)10-14(16(3)4)7-5-8-14/h11-12,15H,5-10H2,1-4H3. The van der Waals surface area contributed by atoms with E-state index in [0.717, 1.165) is 19.5 Å². The molecule has 18 heavy (non-hydrogen) atoms. The Hall–Kier alpha value is -0.610. The number of amides is 1. The number of likely N-dealkylation sites (tertiary alicyclic amines) is 1. The Morgan fingerprint density at radius 1 is 1.44 bits per heavy atom. The second-order valence-corrected chi connectivity index (χ2v) is 6.39. The highest BCUT2D eigenvalue weighted by molar-refractivity contribution is 5.84. The molecule has 2 rings (SSSR count). The van der Waals surface area contributed by atoms with Crippen LogP contribution in [-0.2, 0) is 4.79 Å². The highest BCUT2D eigenvalue weighted by Gasteiger charge is 2.43. The monoisotopic (exact) mass is 253 g/mol. The highest BCUT2D eigenvalue weighted by Crippen LogP contribution is 2.37. The van der Waals surface area contributed by atoms with Crippen molar-refractivity contribution in [3.05, 3.63) is 0 Å². The van der Waals surface area contributed by atoms with Crippen LogP contribution in [0.3, 0.4) is 0 Å². The SMILES string of the molecule is CC(C)NC1CCN(CC2(N(C)C)CCC2)C1=O. The number of hydrogen-bond acceptors (Lipinski definition) is 3. The number of carbonyl (C=O) groups is 1. The number of rotatable bonds is 5. The summed E-state index contributed by atoms with van der Waals surface area (Å²) in [5.74, 6) is 0.303. The molecule has 4 heteroatoms. The van der Waals surface area contributed by atoms with Gasteiger partial charge >= 0.3 is 0 Å². The Kier molecular flexibility index (Phi) is 3.97. The lowest BCUT2D eigenvalue weighted by Crippen LogP contribution is -2.58. The summed E-state index contributed by atoms with van der Waals surface area (Å²) in [4.78, 5) is 16.7. The van der Waals surface area contributed by atoms with Gasteiger partial charge in [-0.3, -0.25) is 4.79 Å². The molecular formula is C14H27N3O. The molecule has 1 N–H and O–H groups in total. The Bertz CT molecular complexity index is 310. The summed E-state index contributed by atoms with van der Waals surface area (Å²) in [5, 5.41) is 3.37. The molecule has 0 aromatic carbocycles. The van der Waals surface area contributed by atoms with Gasteiger partial charge in [0.2, 0.25) is 5.91 Å². The second-order valence-electron chi connectivity index (χ2n) is 6.39. The Morgan fingerprint density at radius 3 is 2.56 bits per heavy atom. The normalized spacial score (nSPS) is 27.1. The van der Waals surface area contributed by atoms with Crippen LogP contribution >= 0.6 is 0 Å². The highest BCUT2D eigenvalue weighted by atomic mass is 16.2. The van der Waals surface area contributed by atoms with E-state index in [2.05, 4.69) is 43.1 Å². The Balaban J connectivity index is 1.93. The maximum Gasteiger partial charge on any atom is 0.239 e. The quantitative estimate of drug-likeness (QED) is 0.796. The van der Waals surface area contributed by atoms with E-state index >= 15 is 0 Å². The Morgan fingerprint density at radius 2 is 2.11 bits per heavy atom. The van der Waals surface area contributed by atoms with Gasteiger partial charge in [-0.15, -0.1) is 0 Å². The van der Waals surface area contributed by atoms with Crippen LogP contribution in [0.2, 0.25) is 0 Å². The third-order valence-corrected chi connectivity index (χ3v) is 4.55. The number of carbonyl (C=O) groups excluding carboxylic acids is 1. The van der Waals surface area contributed by atoms with Gasteiger partial charge in [0.25, 0.3) is 0 Å². The van der Waals surface area contributed by atoms with Gasteiger partial charge in [-0.05, 0) is 39.8 Å². The van der Waals surface area contributed by atoms with Gasteiger partial charge in [-0.1, -0.05) is 13.8 Å². The van der Waals surface area contributed by atoms with Crippen LogP contribution in [0.1, 0.15) is 39.5 Å². The first kappa shape index (κ1) is 13.8. The lowest BCUT2D eigenvalue weighted by Gasteiger charge is -2.49. The van der Waals surface area contributed by atoms with E-state index < -0.39 is 0 Å². The third kappa shape index (κ3) is 2.54. The summed E-state index contributed by atoms with van der Waals surface area (Å²) in [6.45, 7) is 6.03. The van der Waals surface area contributed by atoms with Gasteiger partial charge in [0.15, 0.2) is 0 Å². The minimum Gasteiger partial charge on any atom is -0.339 e. The van der Waals surface area contributed by atoms with Gasteiger partial charge in [0.1, 0.15) is 0 Å². The number of likely N-dealkylation sites (N-methyl/N-ethyl adjacent to an activating group) is 1. The molecule has 1 aliphatic heterocycles. The average molecular weight is 253 g/mol. The molecule has 1 heterocycles. The van der Waals surface area contributed by atoms with Crippen LogP contribution in [-0.4, -0.2) is 60.5 Å². The molecule has 1 saturated carbocycles.